The number of hydrogen-bond donors (Lipinski definition) is 2. The first kappa shape index (κ1) is 15.5. The van der Waals surface area contributed by atoms with E-state index in [1.165, 1.54) is 0 Å². The van der Waals surface area contributed by atoms with Crippen LogP contribution in [0.25, 0.3) is 0 Å². The summed E-state index contributed by atoms with van der Waals surface area (Å²) in [4.78, 5) is 8.87. The van der Waals surface area contributed by atoms with E-state index < -0.39 is 31.3 Å². The zero-order chi connectivity index (χ0) is 14.5. The van der Waals surface area contributed by atoms with Crippen LogP contribution >= 0.6 is 0 Å². The minimum Gasteiger partial charge on any atom is -0.316 e. The van der Waals surface area contributed by atoms with Gasteiger partial charge in [-0.2, -0.15) is 0 Å². The molecule has 0 aromatic heterocycles. The third-order valence-corrected chi connectivity index (χ3v) is 3.78. The van der Waals surface area contributed by atoms with Gasteiger partial charge in [-0.3, -0.25) is 10.1 Å². The van der Waals surface area contributed by atoms with Crippen LogP contribution in [0.1, 0.15) is 6.92 Å². The van der Waals surface area contributed by atoms with E-state index in [0.29, 0.717) is 13.1 Å². The fraction of sp³-hybridized carbons (Fsp3) is 0.400. The van der Waals surface area contributed by atoms with Gasteiger partial charge >= 0.3 is 0 Å². The Bertz CT molecular complexity index is 562. The number of nitro benzene ring substituents is 1. The van der Waals surface area contributed by atoms with Gasteiger partial charge in [-0.25, -0.2) is 17.5 Å². The minimum atomic E-state index is -4.25. The highest BCUT2D eigenvalue weighted by Crippen LogP contribution is 2.25. The SMILES string of the molecule is CCNCCNS(=O)(=O)c1c(F)cccc1[N+](=O)[O-]. The van der Waals surface area contributed by atoms with Crippen molar-refractivity contribution in [2.45, 2.75) is 11.8 Å². The molecule has 0 spiro atoms. The first-order valence-corrected chi connectivity index (χ1v) is 7.01. The summed E-state index contributed by atoms with van der Waals surface area (Å²) in [5.74, 6) is -1.15. The maximum atomic E-state index is 13.5. The third-order valence-electron chi connectivity index (χ3n) is 2.26. The topological polar surface area (TPSA) is 101 Å². The van der Waals surface area contributed by atoms with E-state index in [9.17, 15) is 22.9 Å². The molecule has 2 N–H and O–H groups in total. The molecule has 9 heteroatoms. The van der Waals surface area contributed by atoms with Gasteiger partial charge in [-0.1, -0.05) is 13.0 Å². The Kier molecular flexibility index (Phi) is 5.33. The molecule has 19 heavy (non-hydrogen) atoms. The molecule has 0 unspecified atom stereocenters. The molecule has 1 rings (SSSR count). The molecule has 0 aliphatic rings. The molecule has 0 aliphatic carbocycles. The molecular weight excluding hydrogens is 277 g/mol. The van der Waals surface area contributed by atoms with Crippen LogP contribution in [0.3, 0.4) is 0 Å². The number of sulfonamides is 1. The lowest BCUT2D eigenvalue weighted by Crippen LogP contribution is -2.32. The highest BCUT2D eigenvalue weighted by atomic mass is 32.2. The van der Waals surface area contributed by atoms with E-state index in [1.54, 1.807) is 0 Å². The molecule has 0 saturated carbocycles. The number of likely N-dealkylation sites (N-methyl/N-ethyl adjacent to an activating group) is 1. The number of halogens is 1. The number of benzene rings is 1. The van der Waals surface area contributed by atoms with Gasteiger partial charge in [0.15, 0.2) is 4.90 Å². The van der Waals surface area contributed by atoms with E-state index in [-0.39, 0.29) is 6.54 Å². The Hall–Kier alpha value is -1.58. The normalized spacial score (nSPS) is 11.5. The molecule has 0 amide bonds. The van der Waals surface area contributed by atoms with Crippen LogP contribution in [0.5, 0.6) is 0 Å². The van der Waals surface area contributed by atoms with Gasteiger partial charge in [-0.15, -0.1) is 0 Å². The number of nitrogens with zero attached hydrogens (tertiary/aromatic N) is 1. The van der Waals surface area contributed by atoms with Crippen molar-refractivity contribution in [1.29, 1.82) is 0 Å². The molecule has 0 fully saturated rings. The maximum Gasteiger partial charge on any atom is 0.292 e. The van der Waals surface area contributed by atoms with Crippen molar-refractivity contribution in [2.75, 3.05) is 19.6 Å². The molecule has 0 bridgehead atoms. The van der Waals surface area contributed by atoms with E-state index >= 15 is 0 Å². The second kappa shape index (κ2) is 6.55. The predicted molar refractivity (Wildman–Crippen MR) is 66.8 cm³/mol. The van der Waals surface area contributed by atoms with Crippen molar-refractivity contribution in [1.82, 2.24) is 10.0 Å². The molecule has 0 atom stereocenters. The lowest BCUT2D eigenvalue weighted by molar-refractivity contribution is -0.388. The zero-order valence-corrected chi connectivity index (χ0v) is 11.0. The zero-order valence-electron chi connectivity index (χ0n) is 10.2. The van der Waals surface area contributed by atoms with Crippen molar-refractivity contribution in [3.8, 4) is 0 Å². The first-order valence-electron chi connectivity index (χ1n) is 5.53. The summed E-state index contributed by atoms with van der Waals surface area (Å²) in [6.45, 7) is 2.86. The second-order valence-electron chi connectivity index (χ2n) is 3.60. The van der Waals surface area contributed by atoms with Gasteiger partial charge in [0.2, 0.25) is 10.0 Å². The minimum absolute atomic E-state index is 0.0155. The predicted octanol–water partition coefficient (Wildman–Crippen LogP) is 0.622. The molecule has 0 radical (unpaired) electrons. The molecular formula is C10H14FN3O4S. The summed E-state index contributed by atoms with van der Waals surface area (Å²) in [5.41, 5.74) is -0.782. The Morgan fingerprint density at radius 3 is 2.63 bits per heavy atom. The van der Waals surface area contributed by atoms with Gasteiger partial charge in [0.1, 0.15) is 5.82 Å². The Morgan fingerprint density at radius 1 is 1.37 bits per heavy atom. The Morgan fingerprint density at radius 2 is 2.05 bits per heavy atom. The summed E-state index contributed by atoms with van der Waals surface area (Å²) in [6, 6.07) is 2.90. The lowest BCUT2D eigenvalue weighted by atomic mass is 10.3. The lowest BCUT2D eigenvalue weighted by Gasteiger charge is -2.08. The van der Waals surface area contributed by atoms with E-state index in [4.69, 9.17) is 0 Å². The quantitative estimate of drug-likeness (QED) is 0.435. The fourth-order valence-electron chi connectivity index (χ4n) is 1.43. The maximum absolute atomic E-state index is 13.5. The number of hydrogen-bond acceptors (Lipinski definition) is 5. The van der Waals surface area contributed by atoms with Crippen LogP contribution in [0.15, 0.2) is 23.1 Å². The smallest absolute Gasteiger partial charge is 0.292 e. The number of nitro groups is 1. The van der Waals surface area contributed by atoms with Crippen LogP contribution < -0.4 is 10.0 Å². The first-order chi connectivity index (χ1) is 8.90. The van der Waals surface area contributed by atoms with Gasteiger partial charge in [0.05, 0.1) is 4.92 Å². The van der Waals surface area contributed by atoms with Crippen LogP contribution in [0.2, 0.25) is 0 Å². The van der Waals surface area contributed by atoms with Crippen molar-refractivity contribution in [3.63, 3.8) is 0 Å². The van der Waals surface area contributed by atoms with Crippen molar-refractivity contribution in [3.05, 3.63) is 34.1 Å². The molecule has 1 aromatic rings. The average molecular weight is 291 g/mol. The van der Waals surface area contributed by atoms with E-state index in [1.807, 2.05) is 6.92 Å². The van der Waals surface area contributed by atoms with E-state index in [0.717, 1.165) is 18.2 Å². The fourth-order valence-corrected chi connectivity index (χ4v) is 2.69. The number of rotatable bonds is 7. The highest BCUT2D eigenvalue weighted by molar-refractivity contribution is 7.89. The van der Waals surface area contributed by atoms with E-state index in [2.05, 4.69) is 10.0 Å². The molecule has 0 saturated heterocycles. The van der Waals surface area contributed by atoms with Crippen LogP contribution in [-0.2, 0) is 10.0 Å². The standard InChI is InChI=1S/C10H14FN3O4S/c1-2-12-6-7-13-19(17,18)10-8(11)4-3-5-9(10)14(15)16/h3-5,12-13H,2,6-7H2,1H3. The van der Waals surface area contributed by atoms with Gasteiger partial charge in [0, 0.05) is 19.2 Å². The van der Waals surface area contributed by atoms with Crippen molar-refractivity contribution >= 4 is 15.7 Å². The monoisotopic (exact) mass is 291 g/mol. The van der Waals surface area contributed by atoms with Crippen molar-refractivity contribution in [2.24, 2.45) is 0 Å². The summed E-state index contributed by atoms with van der Waals surface area (Å²) in [7, 11) is -4.25. The van der Waals surface area contributed by atoms with Crippen LogP contribution in [-0.4, -0.2) is 33.0 Å². The summed E-state index contributed by atoms with van der Waals surface area (Å²) in [5, 5.41) is 13.6. The Balaban J connectivity index is 3.04. The number of nitrogens with one attached hydrogen (secondary N) is 2. The van der Waals surface area contributed by atoms with Gasteiger partial charge in [-0.05, 0) is 12.6 Å². The molecule has 1 aromatic carbocycles. The van der Waals surface area contributed by atoms with Crippen molar-refractivity contribution < 1.29 is 17.7 Å². The van der Waals surface area contributed by atoms with Gasteiger partial charge < -0.3 is 5.32 Å². The van der Waals surface area contributed by atoms with Gasteiger partial charge in [0.25, 0.3) is 5.69 Å². The average Bonchev–Trinajstić information content (AvgIpc) is 2.34. The van der Waals surface area contributed by atoms with Crippen LogP contribution in [0.4, 0.5) is 10.1 Å². The summed E-state index contributed by atoms with van der Waals surface area (Å²) < 4.78 is 39.4. The van der Waals surface area contributed by atoms with Crippen LogP contribution in [0, 0.1) is 15.9 Å². The second-order valence-corrected chi connectivity index (χ2v) is 5.30. The molecule has 7 nitrogen and oxygen atoms in total. The third kappa shape index (κ3) is 3.94. The summed E-state index contributed by atoms with van der Waals surface area (Å²) in [6.07, 6.45) is 0. The largest absolute Gasteiger partial charge is 0.316 e. The molecule has 106 valence electrons. The Labute approximate surface area is 110 Å². The molecule has 0 heterocycles. The summed E-state index contributed by atoms with van der Waals surface area (Å²) >= 11 is 0. The molecule has 0 aliphatic heterocycles. The highest BCUT2D eigenvalue weighted by Gasteiger charge is 2.29.